The van der Waals surface area contributed by atoms with Gasteiger partial charge < -0.3 is 10.2 Å². The summed E-state index contributed by atoms with van der Waals surface area (Å²) in [5.74, 6) is 0.0896. The topological polar surface area (TPSA) is 45.2 Å². The number of aryl methyl sites for hydroxylation is 2. The van der Waals surface area contributed by atoms with Crippen LogP contribution in [0.5, 0.6) is 0 Å². The highest BCUT2D eigenvalue weighted by molar-refractivity contribution is 7.13. The van der Waals surface area contributed by atoms with E-state index in [9.17, 15) is 4.79 Å². The number of hydrogen-bond acceptors (Lipinski definition) is 4. The van der Waals surface area contributed by atoms with E-state index in [2.05, 4.69) is 46.4 Å². The van der Waals surface area contributed by atoms with E-state index >= 15 is 0 Å². The Morgan fingerprint density at radius 3 is 2.68 bits per heavy atom. The second-order valence-electron chi connectivity index (χ2n) is 5.66. The van der Waals surface area contributed by atoms with Gasteiger partial charge in [-0.2, -0.15) is 0 Å². The Kier molecular flexibility index (Phi) is 6.10. The number of likely N-dealkylation sites (N-methyl/N-ethyl adjacent to an activating group) is 1. The van der Waals surface area contributed by atoms with E-state index in [0.717, 1.165) is 22.8 Å². The lowest BCUT2D eigenvalue weighted by Crippen LogP contribution is -2.31. The molecule has 1 N–H and O–H groups in total. The maximum absolute atomic E-state index is 11.8. The van der Waals surface area contributed by atoms with Crippen LogP contribution in [0.3, 0.4) is 0 Å². The molecule has 2 rings (SSSR count). The van der Waals surface area contributed by atoms with Crippen molar-refractivity contribution in [3.63, 3.8) is 0 Å². The number of carbonyl (C=O) groups is 1. The van der Waals surface area contributed by atoms with E-state index in [1.54, 1.807) is 11.3 Å². The fourth-order valence-corrected chi connectivity index (χ4v) is 2.86. The minimum atomic E-state index is 0.0896. The molecule has 5 heteroatoms. The Hall–Kier alpha value is -1.72. The highest BCUT2D eigenvalue weighted by Crippen LogP contribution is 2.24. The van der Waals surface area contributed by atoms with Crippen LogP contribution in [0.25, 0.3) is 10.6 Å². The van der Waals surface area contributed by atoms with Crippen LogP contribution in [0.15, 0.2) is 29.6 Å². The van der Waals surface area contributed by atoms with Gasteiger partial charge in [-0.25, -0.2) is 4.98 Å². The Morgan fingerprint density at radius 2 is 2.00 bits per heavy atom. The lowest BCUT2D eigenvalue weighted by Gasteiger charge is -2.09. The number of carbonyl (C=O) groups excluding carboxylic acids is 1. The van der Waals surface area contributed by atoms with Crippen molar-refractivity contribution >= 4 is 17.2 Å². The molecular formula is C17H23N3OS. The minimum absolute atomic E-state index is 0.0896. The van der Waals surface area contributed by atoms with E-state index in [1.165, 1.54) is 5.56 Å². The molecule has 2 aromatic rings. The maximum Gasteiger partial charge on any atom is 0.220 e. The number of nitrogens with zero attached hydrogens (tertiary/aromatic N) is 2. The second kappa shape index (κ2) is 8.06. The lowest BCUT2D eigenvalue weighted by atomic mass is 10.1. The molecule has 0 radical (unpaired) electrons. The molecule has 0 atom stereocenters. The summed E-state index contributed by atoms with van der Waals surface area (Å²) in [6.07, 6.45) is 1.18. The monoisotopic (exact) mass is 317 g/mol. The molecule has 1 amide bonds. The van der Waals surface area contributed by atoms with Gasteiger partial charge >= 0.3 is 0 Å². The highest BCUT2D eigenvalue weighted by Gasteiger charge is 2.07. The molecule has 4 nitrogen and oxygen atoms in total. The summed E-state index contributed by atoms with van der Waals surface area (Å²) in [6, 6.07) is 8.36. The number of aromatic nitrogens is 1. The van der Waals surface area contributed by atoms with E-state index in [0.29, 0.717) is 19.4 Å². The number of hydrogen-bond donors (Lipinski definition) is 1. The predicted molar refractivity (Wildman–Crippen MR) is 92.2 cm³/mol. The zero-order chi connectivity index (χ0) is 15.9. The first kappa shape index (κ1) is 16.6. The van der Waals surface area contributed by atoms with E-state index in [4.69, 9.17) is 0 Å². The smallest absolute Gasteiger partial charge is 0.220 e. The van der Waals surface area contributed by atoms with Crippen molar-refractivity contribution in [1.29, 1.82) is 0 Å². The van der Waals surface area contributed by atoms with Crippen LogP contribution >= 0.6 is 11.3 Å². The first-order chi connectivity index (χ1) is 10.5. The van der Waals surface area contributed by atoms with Crippen molar-refractivity contribution in [2.75, 3.05) is 27.2 Å². The first-order valence-corrected chi connectivity index (χ1v) is 8.35. The first-order valence-electron chi connectivity index (χ1n) is 7.47. The minimum Gasteiger partial charge on any atom is -0.355 e. The number of benzene rings is 1. The SMILES string of the molecule is Cc1ccc(-c2nc(CCC(=O)NCCN(C)C)cs2)cc1. The molecule has 0 aliphatic carbocycles. The predicted octanol–water partition coefficient (Wildman–Crippen LogP) is 2.73. The third kappa shape index (κ3) is 5.24. The van der Waals surface area contributed by atoms with E-state index < -0.39 is 0 Å². The van der Waals surface area contributed by atoms with E-state index in [1.807, 2.05) is 19.5 Å². The van der Waals surface area contributed by atoms with Crippen molar-refractivity contribution in [1.82, 2.24) is 15.2 Å². The fourth-order valence-electron chi connectivity index (χ4n) is 2.00. The van der Waals surface area contributed by atoms with Gasteiger partial charge in [0.1, 0.15) is 5.01 Å². The van der Waals surface area contributed by atoms with Gasteiger partial charge in [-0.3, -0.25) is 4.79 Å². The molecule has 0 spiro atoms. The molecule has 1 heterocycles. The molecule has 0 fully saturated rings. The Bertz CT molecular complexity index is 605. The fraction of sp³-hybridized carbons (Fsp3) is 0.412. The average Bonchev–Trinajstić information content (AvgIpc) is 2.94. The molecule has 0 aliphatic heterocycles. The van der Waals surface area contributed by atoms with Gasteiger partial charge in [0, 0.05) is 30.5 Å². The van der Waals surface area contributed by atoms with Gasteiger partial charge in [0.05, 0.1) is 5.69 Å². The largest absolute Gasteiger partial charge is 0.355 e. The van der Waals surface area contributed by atoms with Gasteiger partial charge in [0.2, 0.25) is 5.91 Å². The van der Waals surface area contributed by atoms with Crippen LogP contribution in [-0.4, -0.2) is 43.0 Å². The highest BCUT2D eigenvalue weighted by atomic mass is 32.1. The number of rotatable bonds is 7. The van der Waals surface area contributed by atoms with Crippen LogP contribution in [0.1, 0.15) is 17.7 Å². The quantitative estimate of drug-likeness (QED) is 0.854. The third-order valence-electron chi connectivity index (χ3n) is 3.34. The lowest BCUT2D eigenvalue weighted by molar-refractivity contribution is -0.121. The average molecular weight is 317 g/mol. The molecule has 0 unspecified atom stereocenters. The molecule has 0 bridgehead atoms. The maximum atomic E-state index is 11.8. The van der Waals surface area contributed by atoms with Gasteiger partial charge in [0.15, 0.2) is 0 Å². The van der Waals surface area contributed by atoms with Crippen molar-refractivity contribution < 1.29 is 4.79 Å². The van der Waals surface area contributed by atoms with Gasteiger partial charge in [-0.05, 0) is 27.4 Å². The van der Waals surface area contributed by atoms with Gasteiger partial charge in [-0.15, -0.1) is 11.3 Å². The number of nitrogens with one attached hydrogen (secondary N) is 1. The van der Waals surface area contributed by atoms with Crippen molar-refractivity contribution in [2.45, 2.75) is 19.8 Å². The summed E-state index contributed by atoms with van der Waals surface area (Å²) < 4.78 is 0. The standard InChI is InChI=1S/C17H23N3OS/c1-13-4-6-14(7-5-13)17-19-15(12-22-17)8-9-16(21)18-10-11-20(2)3/h4-7,12H,8-11H2,1-3H3,(H,18,21). The second-order valence-corrected chi connectivity index (χ2v) is 6.52. The Balaban J connectivity index is 1.82. The van der Waals surface area contributed by atoms with Crippen molar-refractivity contribution in [3.8, 4) is 10.6 Å². The third-order valence-corrected chi connectivity index (χ3v) is 4.28. The molecule has 0 saturated heterocycles. The summed E-state index contributed by atoms with van der Waals surface area (Å²) in [5.41, 5.74) is 3.37. The summed E-state index contributed by atoms with van der Waals surface area (Å²) in [6.45, 7) is 3.63. The summed E-state index contributed by atoms with van der Waals surface area (Å²) in [4.78, 5) is 18.4. The molecule has 22 heavy (non-hydrogen) atoms. The van der Waals surface area contributed by atoms with Crippen LogP contribution < -0.4 is 5.32 Å². The molecule has 0 saturated carbocycles. The Labute approximate surface area is 136 Å². The van der Waals surface area contributed by atoms with Crippen LogP contribution in [0.4, 0.5) is 0 Å². The van der Waals surface area contributed by atoms with Crippen molar-refractivity contribution in [3.05, 3.63) is 40.9 Å². The molecule has 1 aromatic carbocycles. The molecular weight excluding hydrogens is 294 g/mol. The van der Waals surface area contributed by atoms with Gasteiger partial charge in [-0.1, -0.05) is 29.8 Å². The van der Waals surface area contributed by atoms with Crippen molar-refractivity contribution in [2.24, 2.45) is 0 Å². The van der Waals surface area contributed by atoms with Crippen LogP contribution in [0.2, 0.25) is 0 Å². The van der Waals surface area contributed by atoms with Crippen LogP contribution in [0, 0.1) is 6.92 Å². The van der Waals surface area contributed by atoms with Gasteiger partial charge in [0.25, 0.3) is 0 Å². The molecule has 1 aromatic heterocycles. The molecule has 0 aliphatic rings. The zero-order valence-electron chi connectivity index (χ0n) is 13.4. The van der Waals surface area contributed by atoms with Crippen LogP contribution in [-0.2, 0) is 11.2 Å². The number of thiazole rings is 1. The normalized spacial score (nSPS) is 10.9. The summed E-state index contributed by atoms with van der Waals surface area (Å²) in [5, 5.41) is 5.98. The van der Waals surface area contributed by atoms with E-state index in [-0.39, 0.29) is 5.91 Å². The summed E-state index contributed by atoms with van der Waals surface area (Å²) in [7, 11) is 3.99. The summed E-state index contributed by atoms with van der Waals surface area (Å²) >= 11 is 1.63. The molecule has 118 valence electrons. The zero-order valence-corrected chi connectivity index (χ0v) is 14.2. The Morgan fingerprint density at radius 1 is 1.27 bits per heavy atom. The number of amides is 1.